The van der Waals surface area contributed by atoms with Crippen molar-refractivity contribution < 1.29 is 4.79 Å². The first-order valence-corrected chi connectivity index (χ1v) is 6.46. The van der Waals surface area contributed by atoms with Crippen molar-refractivity contribution in [2.75, 3.05) is 0 Å². The normalized spacial score (nSPS) is 13.4. The second kappa shape index (κ2) is 6.01. The van der Waals surface area contributed by atoms with Crippen molar-refractivity contribution in [3.05, 3.63) is 35.9 Å². The van der Waals surface area contributed by atoms with Gasteiger partial charge in [0.1, 0.15) is 0 Å². The third kappa shape index (κ3) is 4.15. The summed E-state index contributed by atoms with van der Waals surface area (Å²) < 4.78 is 0. The van der Waals surface area contributed by atoms with Crippen molar-refractivity contribution in [1.82, 2.24) is 10.6 Å². The molecular weight excluding hydrogens is 224 g/mol. The van der Waals surface area contributed by atoms with E-state index in [1.165, 1.54) is 5.56 Å². The highest BCUT2D eigenvalue weighted by atomic mass is 16.2. The number of carbonyl (C=O) groups excluding carboxylic acids is 1. The smallest absolute Gasteiger partial charge is 0.237 e. The standard InChI is InChI=1S/C15H24N2O/c1-11(2)16-14(18)12(3)17-15(4,5)13-9-7-6-8-10-13/h6-12,17H,1-5H3,(H,16,18). The van der Waals surface area contributed by atoms with Crippen LogP contribution < -0.4 is 10.6 Å². The highest BCUT2D eigenvalue weighted by Crippen LogP contribution is 2.20. The van der Waals surface area contributed by atoms with Crippen molar-refractivity contribution in [3.8, 4) is 0 Å². The monoisotopic (exact) mass is 248 g/mol. The van der Waals surface area contributed by atoms with Gasteiger partial charge in [-0.25, -0.2) is 0 Å². The molecule has 0 radical (unpaired) electrons. The van der Waals surface area contributed by atoms with Gasteiger partial charge in [-0.05, 0) is 40.2 Å². The average molecular weight is 248 g/mol. The topological polar surface area (TPSA) is 41.1 Å². The van der Waals surface area contributed by atoms with Crippen molar-refractivity contribution in [3.63, 3.8) is 0 Å². The molecule has 3 heteroatoms. The van der Waals surface area contributed by atoms with Crippen LogP contribution in [0.5, 0.6) is 0 Å². The van der Waals surface area contributed by atoms with Crippen molar-refractivity contribution in [1.29, 1.82) is 0 Å². The molecule has 2 N–H and O–H groups in total. The Labute approximate surface area is 110 Å². The zero-order chi connectivity index (χ0) is 13.8. The third-order valence-electron chi connectivity index (χ3n) is 2.90. The zero-order valence-corrected chi connectivity index (χ0v) is 11.9. The molecule has 0 spiro atoms. The Morgan fingerprint density at radius 2 is 1.67 bits per heavy atom. The summed E-state index contributed by atoms with van der Waals surface area (Å²) in [5.74, 6) is 0.0361. The van der Waals surface area contributed by atoms with Crippen molar-refractivity contribution in [2.45, 2.75) is 52.2 Å². The van der Waals surface area contributed by atoms with Crippen LogP contribution in [0.25, 0.3) is 0 Å². The van der Waals surface area contributed by atoms with Gasteiger partial charge in [0.05, 0.1) is 6.04 Å². The molecule has 0 aliphatic heterocycles. The average Bonchev–Trinajstić information content (AvgIpc) is 2.28. The molecule has 100 valence electrons. The summed E-state index contributed by atoms with van der Waals surface area (Å²) in [5, 5.41) is 6.28. The van der Waals surface area contributed by atoms with Gasteiger partial charge >= 0.3 is 0 Å². The Morgan fingerprint density at radius 1 is 1.11 bits per heavy atom. The van der Waals surface area contributed by atoms with E-state index in [1.807, 2.05) is 39.0 Å². The summed E-state index contributed by atoms with van der Waals surface area (Å²) in [5.41, 5.74) is 0.948. The summed E-state index contributed by atoms with van der Waals surface area (Å²) in [6, 6.07) is 10.1. The minimum absolute atomic E-state index is 0.0361. The second-order valence-corrected chi connectivity index (χ2v) is 5.52. The first-order valence-electron chi connectivity index (χ1n) is 6.46. The Bertz CT molecular complexity index is 385. The highest BCUT2D eigenvalue weighted by Gasteiger charge is 2.25. The molecule has 3 nitrogen and oxygen atoms in total. The maximum atomic E-state index is 11.9. The van der Waals surface area contributed by atoms with Crippen LogP contribution in [0.2, 0.25) is 0 Å². The lowest BCUT2D eigenvalue weighted by atomic mass is 9.93. The number of benzene rings is 1. The molecule has 0 bridgehead atoms. The Kier molecular flexibility index (Phi) is 4.91. The molecular formula is C15H24N2O. The summed E-state index contributed by atoms with van der Waals surface area (Å²) in [7, 11) is 0. The Morgan fingerprint density at radius 3 is 2.17 bits per heavy atom. The van der Waals surface area contributed by atoms with E-state index in [9.17, 15) is 4.79 Å². The lowest BCUT2D eigenvalue weighted by molar-refractivity contribution is -0.123. The SMILES string of the molecule is CC(C)NC(=O)C(C)NC(C)(C)c1ccccc1. The lowest BCUT2D eigenvalue weighted by Crippen LogP contribution is -2.51. The van der Waals surface area contributed by atoms with Gasteiger partial charge in [-0.2, -0.15) is 0 Å². The van der Waals surface area contributed by atoms with Gasteiger partial charge < -0.3 is 5.32 Å². The first-order chi connectivity index (χ1) is 8.33. The maximum absolute atomic E-state index is 11.9. The summed E-state index contributed by atoms with van der Waals surface area (Å²) >= 11 is 0. The highest BCUT2D eigenvalue weighted by molar-refractivity contribution is 5.81. The summed E-state index contributed by atoms with van der Waals surface area (Å²) in [6.07, 6.45) is 0. The van der Waals surface area contributed by atoms with E-state index >= 15 is 0 Å². The molecule has 0 saturated heterocycles. The van der Waals surface area contributed by atoms with Crippen LogP contribution in [0.4, 0.5) is 0 Å². The molecule has 1 aromatic carbocycles. The molecule has 0 aromatic heterocycles. The molecule has 0 heterocycles. The fraction of sp³-hybridized carbons (Fsp3) is 0.533. The van der Waals surface area contributed by atoms with Crippen LogP contribution in [0.1, 0.15) is 40.2 Å². The Balaban J connectivity index is 2.68. The quantitative estimate of drug-likeness (QED) is 0.840. The van der Waals surface area contributed by atoms with Crippen LogP contribution in [0, 0.1) is 0 Å². The van der Waals surface area contributed by atoms with Gasteiger partial charge in [0.25, 0.3) is 0 Å². The van der Waals surface area contributed by atoms with Crippen LogP contribution in [-0.4, -0.2) is 18.0 Å². The predicted molar refractivity (Wildman–Crippen MR) is 75.3 cm³/mol. The van der Waals surface area contributed by atoms with Gasteiger partial charge in [0.2, 0.25) is 5.91 Å². The number of hydrogen-bond donors (Lipinski definition) is 2. The molecule has 0 saturated carbocycles. The third-order valence-corrected chi connectivity index (χ3v) is 2.90. The molecule has 0 aliphatic rings. The fourth-order valence-electron chi connectivity index (χ4n) is 1.95. The van der Waals surface area contributed by atoms with Crippen LogP contribution in [0.3, 0.4) is 0 Å². The molecule has 18 heavy (non-hydrogen) atoms. The van der Waals surface area contributed by atoms with Crippen molar-refractivity contribution in [2.24, 2.45) is 0 Å². The molecule has 1 atom stereocenters. The van der Waals surface area contributed by atoms with E-state index in [4.69, 9.17) is 0 Å². The lowest BCUT2D eigenvalue weighted by Gasteiger charge is -2.30. The number of amides is 1. The van der Waals surface area contributed by atoms with Gasteiger partial charge in [0, 0.05) is 11.6 Å². The van der Waals surface area contributed by atoms with E-state index in [0.717, 1.165) is 0 Å². The van der Waals surface area contributed by atoms with E-state index in [0.29, 0.717) is 0 Å². The molecule has 1 rings (SSSR count). The minimum atomic E-state index is -0.227. The van der Waals surface area contributed by atoms with Crippen LogP contribution in [-0.2, 0) is 10.3 Å². The number of nitrogens with one attached hydrogen (secondary N) is 2. The van der Waals surface area contributed by atoms with E-state index in [-0.39, 0.29) is 23.5 Å². The molecule has 0 aliphatic carbocycles. The Hall–Kier alpha value is -1.35. The number of hydrogen-bond acceptors (Lipinski definition) is 2. The van der Waals surface area contributed by atoms with Gasteiger partial charge in [-0.15, -0.1) is 0 Å². The van der Waals surface area contributed by atoms with Crippen LogP contribution in [0.15, 0.2) is 30.3 Å². The predicted octanol–water partition coefficient (Wildman–Crippen LogP) is 2.42. The largest absolute Gasteiger partial charge is 0.353 e. The second-order valence-electron chi connectivity index (χ2n) is 5.52. The first kappa shape index (κ1) is 14.7. The molecule has 1 unspecified atom stereocenters. The zero-order valence-electron chi connectivity index (χ0n) is 11.9. The van der Waals surface area contributed by atoms with Crippen LogP contribution >= 0.6 is 0 Å². The minimum Gasteiger partial charge on any atom is -0.353 e. The molecule has 1 aromatic rings. The summed E-state index contributed by atoms with van der Waals surface area (Å²) in [6.45, 7) is 9.99. The molecule has 0 fully saturated rings. The van der Waals surface area contributed by atoms with Gasteiger partial charge in [0.15, 0.2) is 0 Å². The number of rotatable bonds is 5. The summed E-state index contributed by atoms with van der Waals surface area (Å²) in [4.78, 5) is 11.9. The maximum Gasteiger partial charge on any atom is 0.237 e. The van der Waals surface area contributed by atoms with Gasteiger partial charge in [-0.3, -0.25) is 10.1 Å². The fourth-order valence-corrected chi connectivity index (χ4v) is 1.95. The van der Waals surface area contributed by atoms with E-state index in [1.54, 1.807) is 0 Å². The van der Waals surface area contributed by atoms with E-state index in [2.05, 4.69) is 36.6 Å². The number of carbonyl (C=O) groups is 1. The van der Waals surface area contributed by atoms with E-state index < -0.39 is 0 Å². The van der Waals surface area contributed by atoms with Gasteiger partial charge in [-0.1, -0.05) is 30.3 Å². The molecule has 1 amide bonds. The van der Waals surface area contributed by atoms with Crippen molar-refractivity contribution >= 4 is 5.91 Å².